The molecule has 2 unspecified atom stereocenters. The fourth-order valence-corrected chi connectivity index (χ4v) is 2.06. The third-order valence-electron chi connectivity index (χ3n) is 2.76. The monoisotopic (exact) mass is 215 g/mol. The van der Waals surface area contributed by atoms with E-state index in [-0.39, 0.29) is 18.6 Å². The molecule has 0 N–H and O–H groups in total. The average molecular weight is 215 g/mol. The fourth-order valence-electron chi connectivity index (χ4n) is 2.06. The number of ether oxygens (including phenoxy) is 2. The predicted octanol–water partition coefficient (Wildman–Crippen LogP) is 2.61. The Morgan fingerprint density at radius 2 is 1.47 bits per heavy atom. The van der Waals surface area contributed by atoms with Crippen molar-refractivity contribution in [2.75, 3.05) is 13.1 Å². The van der Waals surface area contributed by atoms with Crippen LogP contribution in [0.15, 0.2) is 0 Å². The minimum Gasteiger partial charge on any atom is -0.350 e. The lowest BCUT2D eigenvalue weighted by Crippen LogP contribution is -2.41. The van der Waals surface area contributed by atoms with Crippen molar-refractivity contribution in [3.05, 3.63) is 0 Å². The van der Waals surface area contributed by atoms with E-state index in [0.29, 0.717) is 0 Å². The molecule has 1 aliphatic heterocycles. The second-order valence-electron chi connectivity index (χ2n) is 4.58. The van der Waals surface area contributed by atoms with E-state index in [1.165, 1.54) is 19.3 Å². The maximum absolute atomic E-state index is 5.80. The summed E-state index contributed by atoms with van der Waals surface area (Å²) in [5.41, 5.74) is 0. The molecule has 90 valence electrons. The highest BCUT2D eigenvalue weighted by atomic mass is 16.7. The summed E-state index contributed by atoms with van der Waals surface area (Å²) in [6, 6.07) is 0. The van der Waals surface area contributed by atoms with Gasteiger partial charge in [-0.05, 0) is 40.5 Å². The minimum atomic E-state index is -0.109. The van der Waals surface area contributed by atoms with Crippen molar-refractivity contribution in [1.82, 2.24) is 4.90 Å². The number of hydrogen-bond acceptors (Lipinski definition) is 3. The molecule has 1 heterocycles. The van der Waals surface area contributed by atoms with Crippen LogP contribution in [0, 0.1) is 0 Å². The molecule has 0 aromatic carbocycles. The van der Waals surface area contributed by atoms with Crippen LogP contribution < -0.4 is 0 Å². The Balaban J connectivity index is 2.23. The summed E-state index contributed by atoms with van der Waals surface area (Å²) < 4.78 is 11.4. The van der Waals surface area contributed by atoms with E-state index in [9.17, 15) is 0 Å². The molecule has 0 radical (unpaired) electrons. The van der Waals surface area contributed by atoms with Crippen LogP contribution in [0.2, 0.25) is 0 Å². The van der Waals surface area contributed by atoms with Crippen molar-refractivity contribution in [2.45, 2.75) is 65.6 Å². The minimum absolute atomic E-state index is 0.109. The third-order valence-corrected chi connectivity index (χ3v) is 2.76. The van der Waals surface area contributed by atoms with Gasteiger partial charge < -0.3 is 9.47 Å². The largest absolute Gasteiger partial charge is 0.350 e. The van der Waals surface area contributed by atoms with Crippen LogP contribution in [0.5, 0.6) is 0 Å². The van der Waals surface area contributed by atoms with Gasteiger partial charge in [0.05, 0.1) is 6.10 Å². The van der Waals surface area contributed by atoms with E-state index in [0.717, 1.165) is 13.1 Å². The summed E-state index contributed by atoms with van der Waals surface area (Å²) in [4.78, 5) is 2.39. The molecule has 3 nitrogen and oxygen atoms in total. The zero-order valence-corrected chi connectivity index (χ0v) is 10.5. The van der Waals surface area contributed by atoms with Gasteiger partial charge in [-0.1, -0.05) is 6.42 Å². The Labute approximate surface area is 93.7 Å². The van der Waals surface area contributed by atoms with Crippen LogP contribution >= 0.6 is 0 Å². The molecule has 1 rings (SSSR count). The number of nitrogens with zero attached hydrogens (tertiary/aromatic N) is 1. The van der Waals surface area contributed by atoms with E-state index >= 15 is 0 Å². The normalized spacial score (nSPS) is 23.0. The lowest BCUT2D eigenvalue weighted by Gasteiger charge is -2.33. The van der Waals surface area contributed by atoms with Crippen LogP contribution in [-0.4, -0.2) is 36.6 Å². The average Bonchev–Trinajstić information content (AvgIpc) is 2.17. The first-order chi connectivity index (χ1) is 7.09. The van der Waals surface area contributed by atoms with Gasteiger partial charge in [0.1, 0.15) is 6.23 Å². The van der Waals surface area contributed by atoms with Crippen LogP contribution in [0.3, 0.4) is 0 Å². The van der Waals surface area contributed by atoms with E-state index in [1.807, 2.05) is 20.8 Å². The Morgan fingerprint density at radius 1 is 0.867 bits per heavy atom. The summed E-state index contributed by atoms with van der Waals surface area (Å²) in [5.74, 6) is 0. The van der Waals surface area contributed by atoms with E-state index < -0.39 is 0 Å². The molecular formula is C12H25NO2. The Hall–Kier alpha value is -0.120. The molecule has 1 fully saturated rings. The summed E-state index contributed by atoms with van der Waals surface area (Å²) in [6.07, 6.45) is 4.26. The van der Waals surface area contributed by atoms with E-state index in [4.69, 9.17) is 9.47 Å². The van der Waals surface area contributed by atoms with Gasteiger partial charge >= 0.3 is 0 Å². The molecule has 2 atom stereocenters. The smallest absolute Gasteiger partial charge is 0.157 e. The maximum atomic E-state index is 5.80. The molecule has 0 bridgehead atoms. The van der Waals surface area contributed by atoms with Crippen molar-refractivity contribution >= 4 is 0 Å². The highest BCUT2D eigenvalue weighted by molar-refractivity contribution is 4.65. The summed E-state index contributed by atoms with van der Waals surface area (Å²) in [5, 5.41) is 0. The topological polar surface area (TPSA) is 21.7 Å². The highest BCUT2D eigenvalue weighted by Gasteiger charge is 2.19. The van der Waals surface area contributed by atoms with Crippen molar-refractivity contribution in [1.29, 1.82) is 0 Å². The van der Waals surface area contributed by atoms with Gasteiger partial charge in [0.25, 0.3) is 0 Å². The highest BCUT2D eigenvalue weighted by Crippen LogP contribution is 2.14. The second kappa shape index (κ2) is 6.46. The fraction of sp³-hybridized carbons (Fsp3) is 1.00. The van der Waals surface area contributed by atoms with Crippen molar-refractivity contribution in [2.24, 2.45) is 0 Å². The first-order valence-corrected chi connectivity index (χ1v) is 6.14. The van der Waals surface area contributed by atoms with Gasteiger partial charge in [-0.15, -0.1) is 0 Å². The van der Waals surface area contributed by atoms with Crippen molar-refractivity contribution in [3.63, 3.8) is 0 Å². The molecule has 0 saturated carbocycles. The van der Waals surface area contributed by atoms with Gasteiger partial charge in [0.2, 0.25) is 0 Å². The molecule has 1 saturated heterocycles. The third kappa shape index (κ3) is 4.96. The molecular weight excluding hydrogens is 190 g/mol. The number of likely N-dealkylation sites (tertiary alicyclic amines) is 1. The van der Waals surface area contributed by atoms with Gasteiger partial charge in [-0.25, -0.2) is 0 Å². The van der Waals surface area contributed by atoms with Gasteiger partial charge in [-0.2, -0.15) is 0 Å². The number of rotatable bonds is 5. The Bertz CT molecular complexity index is 167. The van der Waals surface area contributed by atoms with E-state index in [1.54, 1.807) is 0 Å². The summed E-state index contributed by atoms with van der Waals surface area (Å²) in [6.45, 7) is 10.5. The van der Waals surface area contributed by atoms with Gasteiger partial charge in [0.15, 0.2) is 6.29 Å². The maximum Gasteiger partial charge on any atom is 0.157 e. The molecule has 0 aliphatic carbocycles. The molecule has 0 aromatic rings. The molecule has 0 aromatic heterocycles. The van der Waals surface area contributed by atoms with Crippen molar-refractivity contribution < 1.29 is 9.47 Å². The van der Waals surface area contributed by atoms with Crippen LogP contribution in [0.25, 0.3) is 0 Å². The first kappa shape index (κ1) is 12.9. The summed E-state index contributed by atoms with van der Waals surface area (Å²) >= 11 is 0. The van der Waals surface area contributed by atoms with Gasteiger partial charge in [-0.3, -0.25) is 4.90 Å². The standard InChI is InChI=1S/C12H25NO2/c1-10(2)14-12(4)15-11(3)13-8-6-5-7-9-13/h10-12H,5-9H2,1-4H3. The van der Waals surface area contributed by atoms with Gasteiger partial charge in [0, 0.05) is 13.1 Å². The zero-order valence-electron chi connectivity index (χ0n) is 10.5. The zero-order chi connectivity index (χ0) is 11.3. The van der Waals surface area contributed by atoms with Crippen LogP contribution in [0.4, 0.5) is 0 Å². The summed E-state index contributed by atoms with van der Waals surface area (Å²) in [7, 11) is 0. The van der Waals surface area contributed by atoms with Crippen molar-refractivity contribution in [3.8, 4) is 0 Å². The molecule has 0 spiro atoms. The van der Waals surface area contributed by atoms with Crippen LogP contribution in [0.1, 0.15) is 47.0 Å². The quantitative estimate of drug-likeness (QED) is 0.658. The lowest BCUT2D eigenvalue weighted by molar-refractivity contribution is -0.207. The Kier molecular flexibility index (Phi) is 5.58. The molecule has 1 aliphatic rings. The van der Waals surface area contributed by atoms with Crippen LogP contribution in [-0.2, 0) is 9.47 Å². The first-order valence-electron chi connectivity index (χ1n) is 6.14. The lowest BCUT2D eigenvalue weighted by atomic mass is 10.1. The predicted molar refractivity (Wildman–Crippen MR) is 61.7 cm³/mol. The molecule has 15 heavy (non-hydrogen) atoms. The molecule has 0 amide bonds. The van der Waals surface area contributed by atoms with E-state index in [2.05, 4.69) is 11.8 Å². The number of hydrogen-bond donors (Lipinski definition) is 0. The SMILES string of the molecule is CC(C)OC(C)OC(C)N1CCCCC1. The second-order valence-corrected chi connectivity index (χ2v) is 4.58. The molecule has 3 heteroatoms. The Morgan fingerprint density at radius 3 is 2.00 bits per heavy atom. The number of piperidine rings is 1.